The molecule has 4 saturated heterocycles. The van der Waals surface area contributed by atoms with Crippen LogP contribution >= 0.6 is 0 Å². The normalized spacial score (nSPS) is 43.8. The predicted octanol–water partition coefficient (Wildman–Crippen LogP) is 3.95. The zero-order chi connectivity index (χ0) is 20.4. The average molecular weight is 405 g/mol. The van der Waals surface area contributed by atoms with Gasteiger partial charge in [0.05, 0.1) is 0 Å². The van der Waals surface area contributed by atoms with Crippen molar-refractivity contribution in [2.24, 2.45) is 23.7 Å². The van der Waals surface area contributed by atoms with E-state index in [0.717, 1.165) is 19.3 Å². The molecule has 29 heavy (non-hydrogen) atoms. The fourth-order valence-corrected chi connectivity index (χ4v) is 5.90. The van der Waals surface area contributed by atoms with E-state index in [-0.39, 0.29) is 36.1 Å². The maximum absolute atomic E-state index is 14.1. The Morgan fingerprint density at radius 3 is 2.76 bits per heavy atom. The summed E-state index contributed by atoms with van der Waals surface area (Å²) in [5, 5.41) is 1.31. The van der Waals surface area contributed by atoms with Crippen LogP contribution in [0.1, 0.15) is 52.0 Å². The van der Waals surface area contributed by atoms with Gasteiger partial charge in [0.2, 0.25) is 5.79 Å². The molecule has 1 saturated carbocycles. The lowest BCUT2D eigenvalue weighted by Crippen LogP contribution is -2.74. The first-order valence-corrected chi connectivity index (χ1v) is 10.6. The molecule has 1 aliphatic carbocycles. The van der Waals surface area contributed by atoms with Crippen molar-refractivity contribution in [3.63, 3.8) is 0 Å². The van der Waals surface area contributed by atoms with Crippen molar-refractivity contribution in [3.8, 4) is 0 Å². The number of rotatable bonds is 3. The number of ether oxygens (including phenoxy) is 1. The number of amides is 1. The predicted molar refractivity (Wildman–Crippen MR) is 100.0 cm³/mol. The van der Waals surface area contributed by atoms with Crippen molar-refractivity contribution >= 4 is 5.91 Å². The van der Waals surface area contributed by atoms with Gasteiger partial charge in [-0.05, 0) is 44.1 Å². The number of halogens is 1. The second kappa shape index (κ2) is 6.74. The molecular weight excluding hydrogens is 377 g/mol. The van der Waals surface area contributed by atoms with Crippen LogP contribution in [-0.4, -0.2) is 28.6 Å². The van der Waals surface area contributed by atoms with Crippen molar-refractivity contribution < 1.29 is 28.5 Å². The van der Waals surface area contributed by atoms with E-state index in [0.29, 0.717) is 17.9 Å². The molecule has 1 aromatic carbocycles. The van der Waals surface area contributed by atoms with E-state index in [1.54, 1.807) is 18.2 Å². The Morgan fingerprint density at radius 1 is 1.17 bits per heavy atom. The largest absolute Gasteiger partial charge is 0.318 e. The Balaban J connectivity index is 1.53. The Kier molecular flexibility index (Phi) is 4.51. The summed E-state index contributed by atoms with van der Waals surface area (Å²) in [4.78, 5) is 31.2. The fourth-order valence-electron chi connectivity index (χ4n) is 5.90. The van der Waals surface area contributed by atoms with Gasteiger partial charge in [0.1, 0.15) is 12.4 Å². The smallest absolute Gasteiger partial charge is 0.251 e. The van der Waals surface area contributed by atoms with E-state index < -0.39 is 17.6 Å². The maximum atomic E-state index is 14.1. The van der Waals surface area contributed by atoms with Crippen LogP contribution in [0.5, 0.6) is 0 Å². The van der Waals surface area contributed by atoms with Gasteiger partial charge in [-0.25, -0.2) is 14.2 Å². The molecule has 1 amide bonds. The van der Waals surface area contributed by atoms with Gasteiger partial charge in [-0.1, -0.05) is 32.0 Å². The molecule has 0 unspecified atom stereocenters. The topological polar surface area (TPSA) is 57.2 Å². The highest BCUT2D eigenvalue weighted by Gasteiger charge is 2.71. The van der Waals surface area contributed by atoms with Crippen molar-refractivity contribution in [1.29, 1.82) is 0 Å². The van der Waals surface area contributed by atoms with Crippen LogP contribution in [0.25, 0.3) is 0 Å². The number of piperidine rings is 1. The maximum Gasteiger partial charge on any atom is 0.251 e. The number of carbonyl (C=O) groups excluding carboxylic acids is 1. The third kappa shape index (κ3) is 2.78. The summed E-state index contributed by atoms with van der Waals surface area (Å²) in [5.74, 6) is -1.11. The summed E-state index contributed by atoms with van der Waals surface area (Å²) >= 11 is 0. The molecular formula is C22H28FNO5. The molecule has 6 rings (SSSR count). The summed E-state index contributed by atoms with van der Waals surface area (Å²) in [7, 11) is 0. The van der Waals surface area contributed by atoms with E-state index in [9.17, 15) is 9.18 Å². The summed E-state index contributed by atoms with van der Waals surface area (Å²) < 4.78 is 20.5. The van der Waals surface area contributed by atoms with Crippen LogP contribution in [0, 0.1) is 29.5 Å². The third-order valence-electron chi connectivity index (χ3n) is 7.54. The molecule has 4 heterocycles. The minimum atomic E-state index is -0.933. The van der Waals surface area contributed by atoms with E-state index >= 15 is 0 Å². The molecule has 0 aromatic heterocycles. The van der Waals surface area contributed by atoms with Crippen molar-refractivity contribution in [3.05, 3.63) is 35.6 Å². The van der Waals surface area contributed by atoms with Crippen LogP contribution in [-0.2, 0) is 30.8 Å². The van der Waals surface area contributed by atoms with Crippen LogP contribution in [0.4, 0.5) is 4.39 Å². The first kappa shape index (κ1) is 19.4. The van der Waals surface area contributed by atoms with E-state index in [4.69, 9.17) is 19.3 Å². The molecule has 7 heteroatoms. The number of carbonyl (C=O) groups is 1. The highest BCUT2D eigenvalue weighted by atomic mass is 19.1. The number of nitrogens with zero attached hydrogens (tertiary/aromatic N) is 1. The van der Waals surface area contributed by atoms with Crippen LogP contribution < -0.4 is 0 Å². The summed E-state index contributed by atoms with van der Waals surface area (Å²) in [6.45, 7) is 5.95. The number of benzene rings is 1. The first-order chi connectivity index (χ1) is 13.9. The lowest BCUT2D eigenvalue weighted by atomic mass is 9.57. The summed E-state index contributed by atoms with van der Waals surface area (Å²) in [6.07, 6.45) is 2.82. The molecule has 1 aromatic rings. The molecule has 5 fully saturated rings. The summed E-state index contributed by atoms with van der Waals surface area (Å²) in [5.41, 5.74) is -0.376. The average Bonchev–Trinajstić information content (AvgIpc) is 2.94. The lowest BCUT2D eigenvalue weighted by Gasteiger charge is -2.60. The van der Waals surface area contributed by atoms with E-state index in [1.807, 2.05) is 13.8 Å². The minimum absolute atomic E-state index is 0.00263. The van der Waals surface area contributed by atoms with Gasteiger partial charge in [-0.15, -0.1) is 0 Å². The number of hydrogen-bond donors (Lipinski definition) is 0. The molecule has 2 bridgehead atoms. The number of fused-ring (bicyclic) bond motifs is 2. The SMILES string of the molecule is C[C@@H]1CC[C@H]2[C@@H](C)C(=O)N(OCc3ccccc3F)[C@@H]3O[C@@]4(C)CC[C@@H]1[C@@]23OO4. The molecule has 1 spiro atoms. The highest BCUT2D eigenvalue weighted by Crippen LogP contribution is 2.60. The van der Waals surface area contributed by atoms with Crippen LogP contribution in [0.15, 0.2) is 24.3 Å². The quantitative estimate of drug-likeness (QED) is 0.713. The molecule has 6 nitrogen and oxygen atoms in total. The zero-order valence-electron chi connectivity index (χ0n) is 17.1. The monoisotopic (exact) mass is 405 g/mol. The Labute approximate surface area is 170 Å². The second-order valence-electron chi connectivity index (χ2n) is 9.25. The van der Waals surface area contributed by atoms with Crippen molar-refractivity contribution in [2.45, 2.75) is 70.7 Å². The highest BCUT2D eigenvalue weighted by molar-refractivity contribution is 5.79. The molecule has 4 aliphatic heterocycles. The van der Waals surface area contributed by atoms with Gasteiger partial charge >= 0.3 is 0 Å². The molecule has 0 radical (unpaired) electrons. The third-order valence-corrected chi connectivity index (χ3v) is 7.54. The standard InChI is InChI=1S/C22H28FNO5/c1-13-8-9-17-14(2)19(25)24(26-12-15-6-4-5-7-18(15)23)20-22(17)16(13)10-11-21(3,27-20)28-29-22/h4-7,13-14,16-17,20H,8-12H2,1-3H3/t13-,14-,16+,17+,20-,21-,22-/m1/s1. The van der Waals surface area contributed by atoms with Crippen molar-refractivity contribution in [1.82, 2.24) is 5.06 Å². The zero-order valence-corrected chi connectivity index (χ0v) is 17.1. The molecule has 7 atom stereocenters. The van der Waals surface area contributed by atoms with Gasteiger partial charge in [-0.2, -0.15) is 5.06 Å². The van der Waals surface area contributed by atoms with Crippen LogP contribution in [0.2, 0.25) is 0 Å². The lowest BCUT2D eigenvalue weighted by molar-refractivity contribution is -0.560. The van der Waals surface area contributed by atoms with E-state index in [2.05, 4.69) is 6.92 Å². The first-order valence-electron chi connectivity index (χ1n) is 10.6. The Morgan fingerprint density at radius 2 is 1.97 bits per heavy atom. The van der Waals surface area contributed by atoms with Gasteiger partial charge in [0, 0.05) is 23.8 Å². The molecule has 5 aliphatic rings. The molecule has 0 N–H and O–H groups in total. The van der Waals surface area contributed by atoms with Crippen molar-refractivity contribution in [2.75, 3.05) is 0 Å². The molecule has 158 valence electrons. The Bertz CT molecular complexity index is 820. The number of hydrogen-bond acceptors (Lipinski definition) is 5. The summed E-state index contributed by atoms with van der Waals surface area (Å²) in [6, 6.07) is 6.41. The fraction of sp³-hybridized carbons (Fsp3) is 0.682. The van der Waals surface area contributed by atoms with Crippen LogP contribution in [0.3, 0.4) is 0 Å². The van der Waals surface area contributed by atoms with Gasteiger partial charge < -0.3 is 4.74 Å². The Hall–Kier alpha value is -1.54. The minimum Gasteiger partial charge on any atom is -0.318 e. The number of hydroxylamine groups is 2. The second-order valence-corrected chi connectivity index (χ2v) is 9.25. The van der Waals surface area contributed by atoms with E-state index in [1.165, 1.54) is 11.1 Å². The van der Waals surface area contributed by atoms with Gasteiger partial charge in [-0.3, -0.25) is 9.63 Å². The van der Waals surface area contributed by atoms with Gasteiger partial charge in [0.25, 0.3) is 5.91 Å². The van der Waals surface area contributed by atoms with Gasteiger partial charge in [0.15, 0.2) is 11.8 Å².